The minimum absolute atomic E-state index is 1.16. The first-order chi connectivity index (χ1) is 27.8. The molecule has 0 spiro atoms. The lowest BCUT2D eigenvalue weighted by molar-refractivity contribution is 1.15. The maximum atomic E-state index is 2.53. The maximum Gasteiger partial charge on any atom is 0.0789 e. The summed E-state index contributed by atoms with van der Waals surface area (Å²) in [6.07, 6.45) is 0. The second-order valence-corrected chi connectivity index (χ2v) is 14.8. The summed E-state index contributed by atoms with van der Waals surface area (Å²) in [5.74, 6) is 0. The van der Waals surface area contributed by atoms with Gasteiger partial charge in [-0.05, 0) is 73.8 Å². The van der Waals surface area contributed by atoms with Crippen LogP contribution in [0.3, 0.4) is 0 Å². The lowest BCUT2D eigenvalue weighted by Gasteiger charge is -2.18. The Labute approximate surface area is 323 Å². The van der Waals surface area contributed by atoms with Crippen LogP contribution in [-0.4, -0.2) is 9.13 Å². The Kier molecular flexibility index (Phi) is 6.66. The molecule has 0 amide bonds. The Bertz CT molecular complexity index is 3490. The lowest BCUT2D eigenvalue weighted by atomic mass is 9.92. The van der Waals surface area contributed by atoms with Crippen molar-refractivity contribution in [2.75, 3.05) is 0 Å². The van der Waals surface area contributed by atoms with Crippen molar-refractivity contribution in [3.63, 3.8) is 0 Å². The van der Waals surface area contributed by atoms with Gasteiger partial charge >= 0.3 is 0 Å². The first kappa shape index (κ1) is 31.0. The predicted molar refractivity (Wildman–Crippen MR) is 239 cm³/mol. The Morgan fingerprint density at radius 1 is 0.232 bits per heavy atom. The number of benzene rings is 10. The van der Waals surface area contributed by atoms with E-state index in [-0.39, 0.29) is 0 Å². The monoisotopic (exact) mass is 710 g/mol. The van der Waals surface area contributed by atoms with Gasteiger partial charge in [-0.3, -0.25) is 0 Å². The Morgan fingerprint density at radius 2 is 0.607 bits per heavy atom. The number of fused-ring (bicyclic) bond motifs is 13. The van der Waals surface area contributed by atoms with Crippen molar-refractivity contribution in [3.05, 3.63) is 206 Å². The zero-order valence-corrected chi connectivity index (χ0v) is 30.5. The van der Waals surface area contributed by atoms with Crippen LogP contribution in [0, 0.1) is 0 Å². The zero-order valence-electron chi connectivity index (χ0n) is 30.5. The smallest absolute Gasteiger partial charge is 0.0789 e. The summed E-state index contributed by atoms with van der Waals surface area (Å²) in [6, 6.07) is 75.7. The number of rotatable bonds is 4. The fourth-order valence-corrected chi connectivity index (χ4v) is 9.52. The topological polar surface area (TPSA) is 9.86 Å². The van der Waals surface area contributed by atoms with E-state index in [9.17, 15) is 0 Å². The van der Waals surface area contributed by atoms with Crippen LogP contribution in [0.4, 0.5) is 0 Å². The number of hydrogen-bond donors (Lipinski definition) is 0. The van der Waals surface area contributed by atoms with E-state index in [2.05, 4.69) is 215 Å². The standard InChI is InChI=1S/C54H34N2/c1-2-16-35(17-3-1)37-18-8-12-26-49(37)55-51-28-14-10-24-44(51)46-32-33-47-45-25-11-15-29-52(45)56(54(47)53(46)55)50-27-13-9-19-38(50)36-30-31-43-41-22-5-4-20-39(41)40-21-6-7-23-42(40)48(43)34-36/h1-34H. The Balaban J connectivity index is 1.21. The van der Waals surface area contributed by atoms with Crippen molar-refractivity contribution in [1.82, 2.24) is 9.13 Å². The van der Waals surface area contributed by atoms with Gasteiger partial charge in [-0.15, -0.1) is 0 Å². The highest BCUT2D eigenvalue weighted by Gasteiger charge is 2.23. The Morgan fingerprint density at radius 3 is 1.14 bits per heavy atom. The van der Waals surface area contributed by atoms with Crippen LogP contribution < -0.4 is 0 Å². The molecule has 0 fully saturated rings. The second kappa shape index (κ2) is 12.0. The minimum atomic E-state index is 1.16. The molecule has 0 saturated heterocycles. The first-order valence-corrected chi connectivity index (χ1v) is 19.4. The zero-order chi connectivity index (χ0) is 36.7. The highest BCUT2D eigenvalue weighted by atomic mass is 15.0. The molecule has 2 heteroatoms. The van der Waals surface area contributed by atoms with Crippen LogP contribution in [-0.2, 0) is 0 Å². The summed E-state index contributed by atoms with van der Waals surface area (Å²) in [5.41, 5.74) is 11.9. The fraction of sp³-hybridized carbons (Fsp3) is 0. The maximum absolute atomic E-state index is 2.53. The fourth-order valence-electron chi connectivity index (χ4n) is 9.52. The summed E-state index contributed by atoms with van der Waals surface area (Å²) in [7, 11) is 0. The molecule has 0 atom stereocenters. The van der Waals surface area contributed by atoms with Crippen molar-refractivity contribution >= 4 is 75.9 Å². The van der Waals surface area contributed by atoms with Gasteiger partial charge < -0.3 is 9.13 Å². The third kappa shape index (κ3) is 4.38. The number of nitrogens with zero attached hydrogens (tertiary/aromatic N) is 2. The van der Waals surface area contributed by atoms with Gasteiger partial charge in [-0.1, -0.05) is 176 Å². The van der Waals surface area contributed by atoms with E-state index in [1.165, 1.54) is 98.2 Å². The summed E-state index contributed by atoms with van der Waals surface area (Å²) < 4.78 is 5.05. The van der Waals surface area contributed by atoms with Crippen LogP contribution in [0.1, 0.15) is 0 Å². The number of hydrogen-bond acceptors (Lipinski definition) is 0. The lowest BCUT2D eigenvalue weighted by Crippen LogP contribution is -2.01. The van der Waals surface area contributed by atoms with Crippen LogP contribution in [0.15, 0.2) is 206 Å². The first-order valence-electron chi connectivity index (χ1n) is 19.4. The molecule has 12 aromatic rings. The van der Waals surface area contributed by atoms with Crippen LogP contribution >= 0.6 is 0 Å². The molecule has 0 bridgehead atoms. The van der Waals surface area contributed by atoms with Crippen molar-refractivity contribution < 1.29 is 0 Å². The molecular formula is C54H34N2. The highest BCUT2D eigenvalue weighted by molar-refractivity contribution is 6.26. The third-order valence-corrected chi connectivity index (χ3v) is 11.9. The molecule has 2 aromatic heterocycles. The van der Waals surface area contributed by atoms with Gasteiger partial charge in [0, 0.05) is 32.7 Å². The molecular weight excluding hydrogens is 677 g/mol. The van der Waals surface area contributed by atoms with Crippen LogP contribution in [0.2, 0.25) is 0 Å². The minimum Gasteiger partial charge on any atom is -0.307 e. The summed E-state index contributed by atoms with van der Waals surface area (Å²) in [4.78, 5) is 0. The highest BCUT2D eigenvalue weighted by Crippen LogP contribution is 2.45. The average Bonchev–Trinajstić information content (AvgIpc) is 3.80. The van der Waals surface area contributed by atoms with E-state index >= 15 is 0 Å². The van der Waals surface area contributed by atoms with E-state index in [4.69, 9.17) is 0 Å². The molecule has 0 aliphatic rings. The van der Waals surface area contributed by atoms with Gasteiger partial charge in [0.15, 0.2) is 0 Å². The van der Waals surface area contributed by atoms with E-state index < -0.39 is 0 Å². The molecule has 0 aliphatic carbocycles. The van der Waals surface area contributed by atoms with Gasteiger partial charge in [-0.2, -0.15) is 0 Å². The summed E-state index contributed by atoms with van der Waals surface area (Å²) >= 11 is 0. The van der Waals surface area contributed by atoms with E-state index in [1.807, 2.05) is 0 Å². The normalized spacial score (nSPS) is 11.9. The second-order valence-electron chi connectivity index (χ2n) is 14.8. The molecule has 0 aliphatic heterocycles. The van der Waals surface area contributed by atoms with Crippen molar-refractivity contribution in [3.8, 4) is 33.6 Å². The molecule has 260 valence electrons. The van der Waals surface area contributed by atoms with Gasteiger partial charge in [-0.25, -0.2) is 0 Å². The predicted octanol–water partition coefficient (Wildman–Crippen LogP) is 14.7. The molecule has 0 N–H and O–H groups in total. The van der Waals surface area contributed by atoms with Crippen LogP contribution in [0.25, 0.3) is 110 Å². The van der Waals surface area contributed by atoms with Gasteiger partial charge in [0.25, 0.3) is 0 Å². The molecule has 0 radical (unpaired) electrons. The van der Waals surface area contributed by atoms with Gasteiger partial charge in [0.1, 0.15) is 0 Å². The largest absolute Gasteiger partial charge is 0.307 e. The molecule has 0 saturated carbocycles. The quantitative estimate of drug-likeness (QED) is 0.161. The number of para-hydroxylation sites is 4. The van der Waals surface area contributed by atoms with Gasteiger partial charge in [0.2, 0.25) is 0 Å². The van der Waals surface area contributed by atoms with Crippen molar-refractivity contribution in [2.45, 2.75) is 0 Å². The van der Waals surface area contributed by atoms with E-state index in [0.29, 0.717) is 0 Å². The van der Waals surface area contributed by atoms with Crippen molar-refractivity contribution in [1.29, 1.82) is 0 Å². The average molecular weight is 711 g/mol. The Hall–Kier alpha value is -7.42. The third-order valence-electron chi connectivity index (χ3n) is 11.9. The SMILES string of the molecule is c1ccc(-c2ccccc2-n2c3ccccc3c3ccc4c5ccccc5n(-c5ccccc5-c5ccc6c7ccccc7c7ccccc7c6c5)c4c32)cc1. The number of aromatic nitrogens is 2. The van der Waals surface area contributed by atoms with Crippen molar-refractivity contribution in [2.24, 2.45) is 0 Å². The summed E-state index contributed by atoms with van der Waals surface area (Å²) in [6.45, 7) is 0. The molecule has 10 aromatic carbocycles. The molecule has 56 heavy (non-hydrogen) atoms. The summed E-state index contributed by atoms with van der Waals surface area (Å²) in [5, 5.41) is 12.7. The van der Waals surface area contributed by atoms with Crippen LogP contribution in [0.5, 0.6) is 0 Å². The molecule has 2 nitrogen and oxygen atoms in total. The van der Waals surface area contributed by atoms with Gasteiger partial charge in [0.05, 0.1) is 33.4 Å². The molecule has 12 rings (SSSR count). The van der Waals surface area contributed by atoms with E-state index in [1.54, 1.807) is 0 Å². The van der Waals surface area contributed by atoms with E-state index in [0.717, 1.165) is 11.4 Å². The molecule has 0 unspecified atom stereocenters. The molecule has 2 heterocycles.